The fourth-order valence-electron chi connectivity index (χ4n) is 6.82. The minimum atomic E-state index is -0.422. The molecule has 0 amide bonds. The second kappa shape index (κ2) is 10.9. The molecule has 0 saturated carbocycles. The number of hydrogen-bond acceptors (Lipinski definition) is 1. The molecule has 0 spiro atoms. The summed E-state index contributed by atoms with van der Waals surface area (Å²) in [5.41, 5.74) is 8.32. The summed E-state index contributed by atoms with van der Waals surface area (Å²) in [6.07, 6.45) is 17.7. The van der Waals surface area contributed by atoms with Gasteiger partial charge in [-0.25, -0.2) is 0 Å². The Bertz CT molecular complexity index is 2390. The van der Waals surface area contributed by atoms with E-state index in [9.17, 15) is 0 Å². The zero-order valence-electron chi connectivity index (χ0n) is 30.7. The predicted molar refractivity (Wildman–Crippen MR) is 185 cm³/mol. The van der Waals surface area contributed by atoms with Crippen LogP contribution in [0, 0.1) is 11.8 Å². The Kier molecular flexibility index (Phi) is 5.05. The van der Waals surface area contributed by atoms with Crippen molar-refractivity contribution >= 4 is 45.2 Å². The van der Waals surface area contributed by atoms with E-state index in [1.807, 2.05) is 42.5 Å². The third kappa shape index (κ3) is 4.32. The van der Waals surface area contributed by atoms with Gasteiger partial charge in [-0.2, -0.15) is 0 Å². The van der Waals surface area contributed by atoms with Crippen molar-refractivity contribution < 1.29 is 14.0 Å². The molecule has 0 bridgehead atoms. The van der Waals surface area contributed by atoms with Gasteiger partial charge >= 0.3 is 0 Å². The van der Waals surface area contributed by atoms with Gasteiger partial charge in [0.1, 0.15) is 11.2 Å². The van der Waals surface area contributed by atoms with E-state index in [4.69, 9.17) is 14.0 Å². The lowest BCUT2D eigenvalue weighted by molar-refractivity contribution is 0.630. The Balaban J connectivity index is 1.48. The van der Waals surface area contributed by atoms with Crippen LogP contribution < -0.4 is 0 Å². The number of allylic oxidation sites excluding steroid dienone is 14. The van der Waals surface area contributed by atoms with Crippen molar-refractivity contribution in [2.45, 2.75) is 12.8 Å². The molecule has 1 heterocycles. The average Bonchev–Trinajstić information content (AvgIpc) is 3.53. The first-order valence-corrected chi connectivity index (χ1v) is 14.4. The van der Waals surface area contributed by atoms with Crippen molar-refractivity contribution in [1.82, 2.24) is 0 Å². The molecule has 3 aliphatic carbocycles. The molecule has 208 valence electrons. The van der Waals surface area contributed by atoms with Crippen LogP contribution >= 0.6 is 0 Å². The number of hydrogen-bond donors (Lipinski definition) is 0. The Labute approximate surface area is 263 Å². The normalized spacial score (nSPS) is 23.0. The lowest BCUT2D eigenvalue weighted by Gasteiger charge is -2.38. The Morgan fingerprint density at radius 2 is 1.65 bits per heavy atom. The summed E-state index contributed by atoms with van der Waals surface area (Å²) in [5, 5.41) is 2.13. The van der Waals surface area contributed by atoms with Crippen LogP contribution in [0.5, 0.6) is 0 Å². The van der Waals surface area contributed by atoms with Gasteiger partial charge in [0.2, 0.25) is 0 Å². The molecule has 0 N–H and O–H groups in total. The van der Waals surface area contributed by atoms with Gasteiger partial charge in [-0.3, -0.25) is 0 Å². The number of fused-ring (bicyclic) bond motifs is 4. The molecule has 3 aliphatic rings. The van der Waals surface area contributed by atoms with Crippen LogP contribution in [0.15, 0.2) is 162 Å². The van der Waals surface area contributed by atoms with E-state index >= 15 is 0 Å². The highest BCUT2D eigenvalue weighted by molar-refractivity contribution is 6.06. The van der Waals surface area contributed by atoms with Gasteiger partial charge < -0.3 is 4.42 Å². The number of rotatable bonds is 7. The molecule has 3 aromatic carbocycles. The monoisotopic (exact) mass is 561 g/mol. The van der Waals surface area contributed by atoms with Gasteiger partial charge in [-0.15, -0.1) is 0 Å². The first-order chi connectivity index (χ1) is 24.2. The molecule has 0 radical (unpaired) electrons. The number of para-hydroxylation sites is 1. The molecular formula is C42H34O. The Morgan fingerprint density at radius 3 is 2.47 bits per heavy atom. The standard InChI is InChI=1S/C42H34O/c1-5-27-15-14-21-35(31(27)6-2)42-33(8-4)32(7-3)41(36-19-9-10-20-37(36)42)30-17-13-16-28(25-30)29-23-24-40-38(26-29)34-18-11-12-22-39(34)43-40/h5-12,14-16,18-26,36-37H,1-4,13,17H2/i1D,2D,5D,6D,14D,15D,21D. The first kappa shape index (κ1) is 19.9. The zero-order chi connectivity index (χ0) is 35.3. The van der Waals surface area contributed by atoms with E-state index in [0.717, 1.165) is 75.7 Å². The SMILES string of the molecule is [2H]C=C([2H])c1c([2H])c([2H])c([2H])c(C2=C(C=C)C(C=C)=C(C3=CC(c4ccc5oc6ccccc6c5c4)=CCC3)C3C=CC=CC23)c1C([2H])=C[2H]. The van der Waals surface area contributed by atoms with Crippen LogP contribution in [0.4, 0.5) is 0 Å². The van der Waals surface area contributed by atoms with E-state index in [-0.39, 0.29) is 46.7 Å². The van der Waals surface area contributed by atoms with Crippen molar-refractivity contribution in [1.29, 1.82) is 0 Å². The van der Waals surface area contributed by atoms with Crippen LogP contribution in [0.2, 0.25) is 0 Å². The summed E-state index contributed by atoms with van der Waals surface area (Å²) < 4.78 is 65.7. The summed E-state index contributed by atoms with van der Waals surface area (Å²) >= 11 is 0. The summed E-state index contributed by atoms with van der Waals surface area (Å²) in [7, 11) is 0. The third-order valence-electron chi connectivity index (χ3n) is 8.68. The number of furan rings is 1. The fourth-order valence-corrected chi connectivity index (χ4v) is 6.82. The molecule has 7 rings (SSSR count). The van der Waals surface area contributed by atoms with E-state index < -0.39 is 12.1 Å². The second-order valence-electron chi connectivity index (χ2n) is 10.8. The highest BCUT2D eigenvalue weighted by atomic mass is 16.3. The van der Waals surface area contributed by atoms with Crippen molar-refractivity contribution in [3.63, 3.8) is 0 Å². The molecule has 1 aromatic heterocycles. The maximum absolute atomic E-state index is 9.15. The summed E-state index contributed by atoms with van der Waals surface area (Å²) in [6, 6.07) is 12.6. The van der Waals surface area contributed by atoms with Crippen LogP contribution in [0.3, 0.4) is 0 Å². The largest absolute Gasteiger partial charge is 0.456 e. The minimum Gasteiger partial charge on any atom is -0.456 e. The Hall–Kier alpha value is -5.14. The minimum absolute atomic E-state index is 0.0201. The Morgan fingerprint density at radius 1 is 0.884 bits per heavy atom. The molecule has 2 unspecified atom stereocenters. The zero-order valence-corrected chi connectivity index (χ0v) is 23.7. The highest BCUT2D eigenvalue weighted by Crippen LogP contribution is 2.51. The summed E-state index contributed by atoms with van der Waals surface area (Å²) in [6.45, 7) is 9.98. The van der Waals surface area contributed by atoms with Gasteiger partial charge in [-0.05, 0) is 86.7 Å². The van der Waals surface area contributed by atoms with Gasteiger partial charge in [0.25, 0.3) is 0 Å². The molecule has 0 fully saturated rings. The quantitative estimate of drug-likeness (QED) is 0.219. The van der Waals surface area contributed by atoms with E-state index in [1.165, 1.54) is 0 Å². The molecule has 1 nitrogen and oxygen atoms in total. The summed E-state index contributed by atoms with van der Waals surface area (Å²) in [4.78, 5) is 0. The van der Waals surface area contributed by atoms with Gasteiger partial charge in [0, 0.05) is 22.6 Å². The van der Waals surface area contributed by atoms with Crippen molar-refractivity contribution in [2.24, 2.45) is 11.8 Å². The van der Waals surface area contributed by atoms with E-state index in [1.54, 1.807) is 12.2 Å². The van der Waals surface area contributed by atoms with Gasteiger partial charge in [-0.1, -0.05) is 129 Å². The lowest BCUT2D eigenvalue weighted by atomic mass is 9.65. The molecule has 0 saturated heterocycles. The van der Waals surface area contributed by atoms with Crippen LogP contribution in [0.25, 0.3) is 45.2 Å². The molecule has 0 aliphatic heterocycles. The van der Waals surface area contributed by atoms with Crippen molar-refractivity contribution in [3.8, 4) is 0 Å². The van der Waals surface area contributed by atoms with Crippen LogP contribution in [0.1, 0.15) is 44.7 Å². The molecule has 43 heavy (non-hydrogen) atoms. The third-order valence-corrected chi connectivity index (χ3v) is 8.68. The van der Waals surface area contributed by atoms with Crippen LogP contribution in [-0.4, -0.2) is 0 Å². The van der Waals surface area contributed by atoms with Crippen LogP contribution in [-0.2, 0) is 0 Å². The molecule has 1 heteroatoms. The maximum Gasteiger partial charge on any atom is 0.135 e. The van der Waals surface area contributed by atoms with Crippen molar-refractivity contribution in [3.05, 3.63) is 180 Å². The van der Waals surface area contributed by atoms with Gasteiger partial charge in [0.05, 0.1) is 9.60 Å². The maximum atomic E-state index is 9.15. The van der Waals surface area contributed by atoms with E-state index in [2.05, 4.69) is 49.6 Å². The first-order valence-electron chi connectivity index (χ1n) is 18.1. The number of benzene rings is 3. The van der Waals surface area contributed by atoms with E-state index in [0.29, 0.717) is 11.1 Å². The average molecular weight is 562 g/mol. The second-order valence-corrected chi connectivity index (χ2v) is 10.8. The molecule has 2 atom stereocenters. The van der Waals surface area contributed by atoms with Gasteiger partial charge in [0.15, 0.2) is 0 Å². The summed E-state index contributed by atoms with van der Waals surface area (Å²) in [5.74, 6) is -0.551. The smallest absolute Gasteiger partial charge is 0.135 e. The molecule has 4 aromatic rings. The topological polar surface area (TPSA) is 13.1 Å². The predicted octanol–water partition coefficient (Wildman–Crippen LogP) is 11.5. The highest BCUT2D eigenvalue weighted by Gasteiger charge is 2.36. The van der Waals surface area contributed by atoms with Crippen molar-refractivity contribution in [2.75, 3.05) is 0 Å². The lowest BCUT2D eigenvalue weighted by Crippen LogP contribution is -2.25. The fraction of sp³-hybridized carbons (Fsp3) is 0.0952. The molecular weight excluding hydrogens is 520 g/mol.